The highest BCUT2D eigenvalue weighted by molar-refractivity contribution is 9.10. The van der Waals surface area contributed by atoms with E-state index in [0.717, 1.165) is 32.4 Å². The number of ether oxygens (including phenoxy) is 1. The number of carbonyl (C=O) groups is 1. The van der Waals surface area contributed by atoms with Gasteiger partial charge in [-0.1, -0.05) is 18.6 Å². The molecule has 2 heterocycles. The molecule has 0 spiro atoms. The van der Waals surface area contributed by atoms with Gasteiger partial charge in [-0.15, -0.1) is 0 Å². The highest BCUT2D eigenvalue weighted by Crippen LogP contribution is 2.31. The molecule has 0 bridgehead atoms. The smallest absolute Gasteiger partial charge is 0.423 e. The molecule has 3 rings (SSSR count). The third kappa shape index (κ3) is 5.11. The molecule has 144 valence electrons. The quantitative estimate of drug-likeness (QED) is 0.747. The molecular formula is C17H23BrN2O5S. The molecular weight excluding hydrogens is 424 g/mol. The molecule has 1 N–H and O–H groups in total. The van der Waals surface area contributed by atoms with Crippen molar-refractivity contribution in [3.05, 3.63) is 28.7 Å². The molecule has 0 radical (unpaired) electrons. The first-order valence-corrected chi connectivity index (χ1v) is 11.0. The maximum Gasteiger partial charge on any atom is 0.423 e. The van der Waals surface area contributed by atoms with Gasteiger partial charge in [0, 0.05) is 12.0 Å². The Hall–Kier alpha value is -1.32. The number of nitrogens with zero attached hydrogens (tertiary/aromatic N) is 1. The van der Waals surface area contributed by atoms with Crippen LogP contribution in [0.4, 0.5) is 4.79 Å². The number of hydrogen-bond acceptors (Lipinski definition) is 6. The zero-order valence-electron chi connectivity index (χ0n) is 14.4. The minimum atomic E-state index is -4.30. The largest absolute Gasteiger partial charge is 0.448 e. The summed E-state index contributed by atoms with van der Waals surface area (Å²) in [6.07, 6.45) is 4.58. The summed E-state index contributed by atoms with van der Waals surface area (Å²) < 4.78 is 36.3. The van der Waals surface area contributed by atoms with Crippen LogP contribution in [-0.4, -0.2) is 45.1 Å². The van der Waals surface area contributed by atoms with Gasteiger partial charge in [0.2, 0.25) is 0 Å². The van der Waals surface area contributed by atoms with E-state index in [9.17, 15) is 13.2 Å². The lowest BCUT2D eigenvalue weighted by atomic mass is 9.84. The number of nitrogens with one attached hydrogen (secondary N) is 1. The van der Waals surface area contributed by atoms with Gasteiger partial charge in [0.1, 0.15) is 0 Å². The van der Waals surface area contributed by atoms with E-state index in [1.807, 2.05) is 0 Å². The Balaban J connectivity index is 1.51. The number of carbonyl (C=O) groups excluding carboxylic acids is 1. The molecule has 2 fully saturated rings. The summed E-state index contributed by atoms with van der Waals surface area (Å²) in [5.41, 5.74) is 0. The van der Waals surface area contributed by atoms with E-state index < -0.39 is 16.4 Å². The lowest BCUT2D eigenvalue weighted by Gasteiger charge is -2.44. The average molecular weight is 447 g/mol. The van der Waals surface area contributed by atoms with Gasteiger partial charge >= 0.3 is 16.4 Å². The second kappa shape index (κ2) is 8.58. The molecule has 2 saturated heterocycles. The van der Waals surface area contributed by atoms with E-state index in [1.165, 1.54) is 18.9 Å². The Morgan fingerprint density at radius 1 is 1.19 bits per heavy atom. The predicted molar refractivity (Wildman–Crippen MR) is 100 cm³/mol. The van der Waals surface area contributed by atoms with Crippen LogP contribution in [0.2, 0.25) is 0 Å². The van der Waals surface area contributed by atoms with Gasteiger partial charge in [-0.2, -0.15) is 13.1 Å². The molecule has 1 aromatic carbocycles. The summed E-state index contributed by atoms with van der Waals surface area (Å²) >= 11 is 3.19. The average Bonchev–Trinajstić information content (AvgIpc) is 2.61. The first kappa shape index (κ1) is 19.4. The van der Waals surface area contributed by atoms with Crippen molar-refractivity contribution in [1.82, 2.24) is 9.62 Å². The lowest BCUT2D eigenvalue weighted by molar-refractivity contribution is 0.0244. The van der Waals surface area contributed by atoms with Crippen LogP contribution >= 0.6 is 15.9 Å². The molecule has 0 aliphatic carbocycles. The second-order valence-corrected chi connectivity index (χ2v) is 8.80. The maximum atomic E-state index is 12.0. The van der Waals surface area contributed by atoms with Gasteiger partial charge < -0.3 is 8.92 Å². The molecule has 7 nitrogen and oxygen atoms in total. The number of piperidine rings is 2. The fraction of sp³-hybridized carbons (Fsp3) is 0.588. The zero-order chi connectivity index (χ0) is 18.6. The Morgan fingerprint density at radius 2 is 1.96 bits per heavy atom. The van der Waals surface area contributed by atoms with E-state index in [2.05, 4.69) is 20.8 Å². The van der Waals surface area contributed by atoms with Crippen LogP contribution in [0.15, 0.2) is 28.7 Å². The molecule has 2 aliphatic rings. The molecule has 2 aliphatic heterocycles. The third-order valence-corrected chi connectivity index (χ3v) is 6.37. The normalized spacial score (nSPS) is 23.7. The van der Waals surface area contributed by atoms with Crippen molar-refractivity contribution in [1.29, 1.82) is 0 Å². The number of benzene rings is 1. The summed E-state index contributed by atoms with van der Waals surface area (Å²) in [5.74, 6) is 0.347. The van der Waals surface area contributed by atoms with E-state index >= 15 is 0 Å². The molecule has 26 heavy (non-hydrogen) atoms. The fourth-order valence-electron chi connectivity index (χ4n) is 3.74. The number of hydrogen-bond donors (Lipinski definition) is 1. The maximum absolute atomic E-state index is 12.0. The first-order chi connectivity index (χ1) is 12.4. The van der Waals surface area contributed by atoms with Gasteiger partial charge in [-0.25, -0.2) is 4.79 Å². The fourth-order valence-corrected chi connectivity index (χ4v) is 4.90. The van der Waals surface area contributed by atoms with Gasteiger partial charge in [0.05, 0.1) is 11.1 Å². The number of halogens is 1. The Morgan fingerprint density at radius 3 is 2.77 bits per heavy atom. The van der Waals surface area contributed by atoms with E-state index in [-0.39, 0.29) is 18.3 Å². The molecule has 1 unspecified atom stereocenters. The number of fused-ring (bicyclic) bond motifs is 1. The van der Waals surface area contributed by atoms with Crippen molar-refractivity contribution in [3.63, 3.8) is 0 Å². The molecule has 0 aromatic heterocycles. The monoisotopic (exact) mass is 446 g/mol. The Labute approximate surface area is 162 Å². The van der Waals surface area contributed by atoms with Gasteiger partial charge in [0.25, 0.3) is 0 Å². The number of para-hydroxylation sites is 1. The molecule has 2 atom stereocenters. The highest BCUT2D eigenvalue weighted by Gasteiger charge is 2.33. The van der Waals surface area contributed by atoms with E-state index in [0.29, 0.717) is 10.5 Å². The van der Waals surface area contributed by atoms with Gasteiger partial charge in [0.15, 0.2) is 5.75 Å². The minimum absolute atomic E-state index is 0.0953. The summed E-state index contributed by atoms with van der Waals surface area (Å²) in [6, 6.07) is 6.91. The molecule has 1 amide bonds. The van der Waals surface area contributed by atoms with Gasteiger partial charge in [-0.05, 0) is 66.8 Å². The standard InChI is InChI=1S/C17H23BrN2O5S/c18-14-7-1-2-9-16(14)25-26(22,23)19-17(21)24-12-13-6-5-11-20-10-4-3-8-15(13)20/h1-2,7,9,13,15H,3-6,8,10-12H2,(H,19,21)/t13-,15?/m0/s1. The van der Waals surface area contributed by atoms with Crippen LogP contribution in [-0.2, 0) is 15.0 Å². The topological polar surface area (TPSA) is 84.9 Å². The SMILES string of the molecule is O=C(NS(=O)(=O)Oc1ccccc1Br)OC[C@@H]1CCCN2CCCCC12. The summed E-state index contributed by atoms with van der Waals surface area (Å²) in [5, 5.41) is 0. The van der Waals surface area contributed by atoms with Crippen molar-refractivity contribution in [2.45, 2.75) is 38.1 Å². The number of amides is 1. The summed E-state index contributed by atoms with van der Waals surface area (Å²) in [7, 11) is -4.30. The molecule has 1 aromatic rings. The Bertz CT molecular complexity index is 740. The second-order valence-electron chi connectivity index (χ2n) is 6.67. The van der Waals surface area contributed by atoms with Crippen LogP contribution in [0.3, 0.4) is 0 Å². The van der Waals surface area contributed by atoms with Crippen LogP contribution in [0.25, 0.3) is 0 Å². The lowest BCUT2D eigenvalue weighted by Crippen LogP contribution is -2.49. The summed E-state index contributed by atoms with van der Waals surface area (Å²) in [6.45, 7) is 2.42. The Kier molecular flexibility index (Phi) is 6.42. The summed E-state index contributed by atoms with van der Waals surface area (Å²) in [4.78, 5) is 14.4. The van der Waals surface area contributed by atoms with E-state index in [4.69, 9.17) is 8.92 Å². The van der Waals surface area contributed by atoms with E-state index in [1.54, 1.807) is 22.9 Å². The van der Waals surface area contributed by atoms with Crippen LogP contribution in [0, 0.1) is 5.92 Å². The third-order valence-electron chi connectivity index (χ3n) is 4.90. The zero-order valence-corrected chi connectivity index (χ0v) is 16.8. The van der Waals surface area contributed by atoms with Crippen molar-refractivity contribution in [2.75, 3.05) is 19.7 Å². The molecule has 9 heteroatoms. The van der Waals surface area contributed by atoms with Crippen molar-refractivity contribution in [3.8, 4) is 5.75 Å². The van der Waals surface area contributed by atoms with Crippen LogP contribution in [0.5, 0.6) is 5.75 Å². The first-order valence-electron chi connectivity index (χ1n) is 8.82. The van der Waals surface area contributed by atoms with Crippen molar-refractivity contribution in [2.24, 2.45) is 5.92 Å². The number of rotatable bonds is 5. The highest BCUT2D eigenvalue weighted by atomic mass is 79.9. The van der Waals surface area contributed by atoms with Crippen LogP contribution in [0.1, 0.15) is 32.1 Å². The van der Waals surface area contributed by atoms with Crippen LogP contribution < -0.4 is 8.91 Å². The minimum Gasteiger partial charge on any atom is -0.448 e. The predicted octanol–water partition coefficient (Wildman–Crippen LogP) is 3.06. The van der Waals surface area contributed by atoms with Crippen molar-refractivity contribution < 1.29 is 22.1 Å². The van der Waals surface area contributed by atoms with Gasteiger partial charge in [-0.3, -0.25) is 4.90 Å². The van der Waals surface area contributed by atoms with Crippen molar-refractivity contribution >= 4 is 32.3 Å². The molecule has 0 saturated carbocycles.